The lowest BCUT2D eigenvalue weighted by Crippen LogP contribution is -2.40. The fraction of sp³-hybridized carbons (Fsp3) is 0.333. The molecule has 3 atom stereocenters. The van der Waals surface area contributed by atoms with Crippen LogP contribution in [0.2, 0.25) is 0 Å². The van der Waals surface area contributed by atoms with Crippen molar-refractivity contribution < 1.29 is 9.66 Å². The number of para-hydroxylation sites is 2. The van der Waals surface area contributed by atoms with Crippen molar-refractivity contribution in [2.45, 2.75) is 25.0 Å². The zero-order valence-electron chi connectivity index (χ0n) is 12.9. The number of nitro benzene ring substituents is 1. The van der Waals surface area contributed by atoms with E-state index in [0.717, 1.165) is 23.2 Å². The molecule has 5 nitrogen and oxygen atoms in total. The number of hydrogen-bond donors (Lipinski definition) is 1. The number of hydrogen-bond acceptors (Lipinski definition) is 4. The van der Waals surface area contributed by atoms with Crippen molar-refractivity contribution in [2.24, 2.45) is 5.92 Å². The Labute approximate surface area is 134 Å². The Hall–Kier alpha value is -2.40. The minimum absolute atomic E-state index is 0.126. The zero-order valence-corrected chi connectivity index (χ0v) is 12.9. The Morgan fingerprint density at radius 2 is 1.96 bits per heavy atom. The first-order valence-electron chi connectivity index (χ1n) is 7.84. The van der Waals surface area contributed by atoms with E-state index in [1.165, 1.54) is 0 Å². The fourth-order valence-corrected chi connectivity index (χ4v) is 4.06. The Balaban J connectivity index is 1.87. The van der Waals surface area contributed by atoms with Gasteiger partial charge in [0.05, 0.1) is 22.1 Å². The summed E-state index contributed by atoms with van der Waals surface area (Å²) in [6.07, 6.45) is 0.883. The highest BCUT2D eigenvalue weighted by molar-refractivity contribution is 5.60. The van der Waals surface area contributed by atoms with E-state index in [4.69, 9.17) is 4.74 Å². The van der Waals surface area contributed by atoms with Crippen LogP contribution in [-0.2, 0) is 10.3 Å². The van der Waals surface area contributed by atoms with E-state index in [1.807, 2.05) is 30.3 Å². The number of benzene rings is 2. The minimum Gasteiger partial charge on any atom is -0.377 e. The van der Waals surface area contributed by atoms with E-state index in [0.29, 0.717) is 6.61 Å². The number of ether oxygens (including phenoxy) is 1. The Kier molecular flexibility index (Phi) is 3.13. The van der Waals surface area contributed by atoms with Gasteiger partial charge < -0.3 is 10.1 Å². The van der Waals surface area contributed by atoms with E-state index < -0.39 is 5.60 Å². The molecule has 0 bridgehead atoms. The predicted molar refractivity (Wildman–Crippen MR) is 87.3 cm³/mol. The molecule has 4 rings (SSSR count). The summed E-state index contributed by atoms with van der Waals surface area (Å²) in [5, 5.41) is 14.9. The van der Waals surface area contributed by atoms with Gasteiger partial charge in [-0.15, -0.1) is 0 Å². The van der Waals surface area contributed by atoms with Crippen LogP contribution in [0.15, 0.2) is 48.5 Å². The van der Waals surface area contributed by atoms with Crippen LogP contribution in [0, 0.1) is 16.0 Å². The van der Waals surface area contributed by atoms with Crippen molar-refractivity contribution in [3.63, 3.8) is 0 Å². The molecule has 0 unspecified atom stereocenters. The van der Waals surface area contributed by atoms with E-state index in [-0.39, 0.29) is 22.6 Å². The second-order valence-corrected chi connectivity index (χ2v) is 6.33. The molecule has 2 heterocycles. The number of fused-ring (bicyclic) bond motifs is 3. The molecule has 0 aliphatic carbocycles. The first-order valence-corrected chi connectivity index (χ1v) is 7.84. The molecule has 0 amide bonds. The van der Waals surface area contributed by atoms with Gasteiger partial charge in [-0.25, -0.2) is 0 Å². The largest absolute Gasteiger partial charge is 0.377 e. The molecule has 2 aromatic carbocycles. The molecule has 23 heavy (non-hydrogen) atoms. The summed E-state index contributed by atoms with van der Waals surface area (Å²) >= 11 is 0. The number of nitrogens with one attached hydrogen (secondary N) is 1. The van der Waals surface area contributed by atoms with Crippen LogP contribution in [0.3, 0.4) is 0 Å². The fourth-order valence-electron chi connectivity index (χ4n) is 4.06. The van der Waals surface area contributed by atoms with Crippen molar-refractivity contribution >= 4 is 11.4 Å². The van der Waals surface area contributed by atoms with Gasteiger partial charge >= 0.3 is 0 Å². The summed E-state index contributed by atoms with van der Waals surface area (Å²) < 4.78 is 6.11. The second kappa shape index (κ2) is 5.06. The smallest absolute Gasteiger partial charge is 0.274 e. The van der Waals surface area contributed by atoms with Gasteiger partial charge in [0.25, 0.3) is 5.69 Å². The number of rotatable bonds is 2. The molecule has 0 aromatic heterocycles. The maximum Gasteiger partial charge on any atom is 0.274 e. The monoisotopic (exact) mass is 310 g/mol. The summed E-state index contributed by atoms with van der Waals surface area (Å²) in [5.74, 6) is 0.165. The molecule has 118 valence electrons. The van der Waals surface area contributed by atoms with Gasteiger partial charge in [-0.3, -0.25) is 10.1 Å². The van der Waals surface area contributed by atoms with E-state index >= 15 is 0 Å². The third kappa shape index (κ3) is 2.04. The van der Waals surface area contributed by atoms with Crippen LogP contribution >= 0.6 is 0 Å². The van der Waals surface area contributed by atoms with Gasteiger partial charge in [0, 0.05) is 29.8 Å². The molecule has 2 aromatic rings. The topological polar surface area (TPSA) is 64.4 Å². The van der Waals surface area contributed by atoms with Gasteiger partial charge in [0.2, 0.25) is 0 Å². The second-order valence-electron chi connectivity index (χ2n) is 6.33. The highest BCUT2D eigenvalue weighted by atomic mass is 16.6. The third-order valence-electron chi connectivity index (χ3n) is 5.18. The zero-order chi connectivity index (χ0) is 16.0. The molecule has 2 aliphatic rings. The number of nitrogens with zero attached hydrogens (tertiary/aromatic N) is 1. The van der Waals surface area contributed by atoms with Gasteiger partial charge in [-0.1, -0.05) is 36.4 Å². The summed E-state index contributed by atoms with van der Waals surface area (Å²) in [5.41, 5.74) is 2.62. The van der Waals surface area contributed by atoms with Crippen molar-refractivity contribution in [3.05, 3.63) is 69.8 Å². The molecular weight excluding hydrogens is 292 g/mol. The maximum absolute atomic E-state index is 11.4. The lowest BCUT2D eigenvalue weighted by Gasteiger charge is -2.43. The lowest BCUT2D eigenvalue weighted by molar-refractivity contribution is -0.385. The molecule has 1 saturated heterocycles. The number of anilines is 1. The van der Waals surface area contributed by atoms with Crippen LogP contribution in [0.1, 0.15) is 30.5 Å². The number of nitro groups is 1. The van der Waals surface area contributed by atoms with Crippen molar-refractivity contribution in [3.8, 4) is 0 Å². The maximum atomic E-state index is 11.4. The minimum atomic E-state index is -0.407. The van der Waals surface area contributed by atoms with Crippen molar-refractivity contribution in [1.29, 1.82) is 0 Å². The first kappa shape index (κ1) is 14.2. The van der Waals surface area contributed by atoms with Crippen LogP contribution in [0.5, 0.6) is 0 Å². The Morgan fingerprint density at radius 3 is 2.78 bits per heavy atom. The van der Waals surface area contributed by atoms with Crippen molar-refractivity contribution in [2.75, 3.05) is 11.9 Å². The average molecular weight is 310 g/mol. The standard InChI is InChI=1S/C18H18N2O3/c1-18-13-7-3-4-8-15(13)19-17(14(18)10-11-23-18)12-6-2-5-9-16(12)20(21)22/h2-9,14,17,19H,10-11H2,1H3/t14-,17+,18+/m1/s1. The Morgan fingerprint density at radius 1 is 1.22 bits per heavy atom. The van der Waals surface area contributed by atoms with Gasteiger partial charge in [0.1, 0.15) is 0 Å². The van der Waals surface area contributed by atoms with Crippen molar-refractivity contribution in [1.82, 2.24) is 0 Å². The molecule has 1 fully saturated rings. The molecule has 0 radical (unpaired) electrons. The molecule has 1 N–H and O–H groups in total. The third-order valence-corrected chi connectivity index (χ3v) is 5.18. The summed E-state index contributed by atoms with van der Waals surface area (Å²) in [6, 6.07) is 14.9. The molecule has 2 aliphatic heterocycles. The normalized spacial score (nSPS) is 28.6. The van der Waals surface area contributed by atoms with E-state index in [1.54, 1.807) is 12.1 Å². The molecule has 0 spiro atoms. The van der Waals surface area contributed by atoms with E-state index in [2.05, 4.69) is 18.3 Å². The highest BCUT2D eigenvalue weighted by Crippen LogP contribution is 2.54. The Bertz CT molecular complexity index is 776. The predicted octanol–water partition coefficient (Wildman–Crippen LogP) is 4.01. The molecule has 0 saturated carbocycles. The highest BCUT2D eigenvalue weighted by Gasteiger charge is 2.51. The molecular formula is C18H18N2O3. The van der Waals surface area contributed by atoms with E-state index in [9.17, 15) is 10.1 Å². The van der Waals surface area contributed by atoms with Crippen LogP contribution < -0.4 is 5.32 Å². The van der Waals surface area contributed by atoms with Gasteiger partial charge in [-0.05, 0) is 19.4 Å². The SMILES string of the molecule is C[C@@]12OCC[C@@H]1[C@H](c1ccccc1[N+](=O)[O-])Nc1ccccc12. The molecule has 5 heteroatoms. The van der Waals surface area contributed by atoms with Crippen LogP contribution in [0.4, 0.5) is 11.4 Å². The van der Waals surface area contributed by atoms with Crippen LogP contribution in [-0.4, -0.2) is 11.5 Å². The first-order chi connectivity index (χ1) is 11.1. The summed E-state index contributed by atoms with van der Waals surface area (Å²) in [7, 11) is 0. The summed E-state index contributed by atoms with van der Waals surface area (Å²) in [4.78, 5) is 11.1. The van der Waals surface area contributed by atoms with Gasteiger partial charge in [0.15, 0.2) is 0 Å². The summed E-state index contributed by atoms with van der Waals surface area (Å²) in [6.45, 7) is 2.78. The lowest BCUT2D eigenvalue weighted by atomic mass is 9.72. The van der Waals surface area contributed by atoms with Crippen LogP contribution in [0.25, 0.3) is 0 Å². The van der Waals surface area contributed by atoms with Gasteiger partial charge in [-0.2, -0.15) is 0 Å². The quantitative estimate of drug-likeness (QED) is 0.672. The average Bonchev–Trinajstić information content (AvgIpc) is 2.97.